The topological polar surface area (TPSA) is 81.7 Å². The highest BCUT2D eigenvalue weighted by atomic mass is 35.5. The van der Waals surface area contributed by atoms with Crippen molar-refractivity contribution in [3.8, 4) is 10.8 Å². The van der Waals surface area contributed by atoms with E-state index in [9.17, 15) is 4.79 Å². The number of quaternary nitrogens is 1. The Balaban J connectivity index is 1.63. The standard InChI is InChI=1S/C18H19ClN4O3S/c1-25-9-8-23(11-16(24)20-14-6-3-2-5-13(14)19)12-17-21-22-18(26-17)15-7-4-10-27-15/h2-7,10H,8-9,11-12H2,1H3,(H,20,24)/p+1. The molecule has 0 aliphatic heterocycles. The van der Waals surface area contributed by atoms with Gasteiger partial charge in [0.25, 0.3) is 17.7 Å². The SMILES string of the molecule is COCC[NH+](CC(=O)Nc1ccccc1Cl)Cc1nnc(-c2cccs2)o1. The normalized spacial score (nSPS) is 12.1. The molecule has 27 heavy (non-hydrogen) atoms. The molecule has 0 aliphatic rings. The van der Waals surface area contributed by atoms with Gasteiger partial charge in [-0.1, -0.05) is 29.8 Å². The maximum Gasteiger partial charge on any atom is 0.279 e. The van der Waals surface area contributed by atoms with Crippen molar-refractivity contribution < 1.29 is 18.8 Å². The Morgan fingerprint density at radius 3 is 2.89 bits per heavy atom. The number of nitrogens with one attached hydrogen (secondary N) is 2. The second kappa shape index (κ2) is 9.61. The lowest BCUT2D eigenvalue weighted by molar-refractivity contribution is -0.907. The van der Waals surface area contributed by atoms with Crippen molar-refractivity contribution in [2.75, 3.05) is 32.1 Å². The van der Waals surface area contributed by atoms with Crippen molar-refractivity contribution in [1.82, 2.24) is 10.2 Å². The summed E-state index contributed by atoms with van der Waals surface area (Å²) in [7, 11) is 1.63. The molecule has 2 heterocycles. The molecule has 1 amide bonds. The highest BCUT2D eigenvalue weighted by Gasteiger charge is 2.19. The summed E-state index contributed by atoms with van der Waals surface area (Å²) in [6.07, 6.45) is 0. The summed E-state index contributed by atoms with van der Waals surface area (Å²) < 4.78 is 10.9. The Morgan fingerprint density at radius 2 is 2.15 bits per heavy atom. The molecule has 1 atom stereocenters. The molecule has 0 spiro atoms. The third kappa shape index (κ3) is 5.61. The number of aromatic nitrogens is 2. The van der Waals surface area contributed by atoms with Crippen molar-refractivity contribution in [2.45, 2.75) is 6.54 Å². The van der Waals surface area contributed by atoms with E-state index in [-0.39, 0.29) is 12.5 Å². The minimum atomic E-state index is -0.146. The smallest absolute Gasteiger partial charge is 0.279 e. The van der Waals surface area contributed by atoms with E-state index >= 15 is 0 Å². The first-order valence-electron chi connectivity index (χ1n) is 8.39. The van der Waals surface area contributed by atoms with Gasteiger partial charge in [0.05, 0.1) is 22.2 Å². The van der Waals surface area contributed by atoms with Gasteiger partial charge in [-0.3, -0.25) is 4.79 Å². The maximum absolute atomic E-state index is 12.4. The van der Waals surface area contributed by atoms with Crippen LogP contribution in [0, 0.1) is 0 Å². The molecular weight excluding hydrogens is 388 g/mol. The summed E-state index contributed by atoms with van der Waals surface area (Å²) in [4.78, 5) is 14.3. The molecule has 0 radical (unpaired) electrons. The zero-order valence-corrected chi connectivity index (χ0v) is 16.3. The number of hydrogen-bond acceptors (Lipinski definition) is 6. The minimum absolute atomic E-state index is 0.146. The number of halogens is 1. The highest BCUT2D eigenvalue weighted by molar-refractivity contribution is 7.13. The van der Waals surface area contributed by atoms with Crippen LogP contribution in [-0.4, -0.2) is 42.9 Å². The number of carbonyl (C=O) groups excluding carboxylic acids is 1. The lowest BCUT2D eigenvalue weighted by Gasteiger charge is -2.17. The number of nitrogens with zero attached hydrogens (tertiary/aromatic N) is 2. The van der Waals surface area contributed by atoms with Crippen LogP contribution in [0.25, 0.3) is 10.8 Å². The fourth-order valence-electron chi connectivity index (χ4n) is 2.51. The van der Waals surface area contributed by atoms with Gasteiger partial charge < -0.3 is 19.4 Å². The number of carbonyl (C=O) groups is 1. The second-order valence-electron chi connectivity index (χ2n) is 5.85. The third-order valence-electron chi connectivity index (χ3n) is 3.82. The van der Waals surface area contributed by atoms with Gasteiger partial charge in [0.15, 0.2) is 13.1 Å². The Kier molecular flexibility index (Phi) is 6.94. The van der Waals surface area contributed by atoms with Gasteiger partial charge in [-0.25, -0.2) is 0 Å². The number of anilines is 1. The van der Waals surface area contributed by atoms with Crippen molar-refractivity contribution >= 4 is 34.5 Å². The lowest BCUT2D eigenvalue weighted by atomic mass is 10.3. The molecule has 0 bridgehead atoms. The predicted molar refractivity (Wildman–Crippen MR) is 104 cm³/mol. The lowest BCUT2D eigenvalue weighted by Crippen LogP contribution is -3.12. The number of hydrogen-bond donors (Lipinski definition) is 2. The van der Waals surface area contributed by atoms with Gasteiger partial charge in [0.1, 0.15) is 6.54 Å². The summed E-state index contributed by atoms with van der Waals surface area (Å²) in [6.45, 7) is 1.80. The van der Waals surface area contributed by atoms with E-state index in [4.69, 9.17) is 20.8 Å². The van der Waals surface area contributed by atoms with Gasteiger partial charge in [0.2, 0.25) is 0 Å². The monoisotopic (exact) mass is 407 g/mol. The van der Waals surface area contributed by atoms with E-state index in [1.807, 2.05) is 29.6 Å². The van der Waals surface area contributed by atoms with Gasteiger partial charge in [-0.05, 0) is 23.6 Å². The molecule has 0 saturated heterocycles. The third-order valence-corrected chi connectivity index (χ3v) is 5.01. The molecule has 1 aromatic carbocycles. The molecule has 0 aliphatic carbocycles. The van der Waals surface area contributed by atoms with Crippen molar-refractivity contribution in [3.63, 3.8) is 0 Å². The van der Waals surface area contributed by atoms with Crippen LogP contribution in [0.3, 0.4) is 0 Å². The zero-order chi connectivity index (χ0) is 19.1. The van der Waals surface area contributed by atoms with E-state index < -0.39 is 0 Å². The number of rotatable bonds is 9. The van der Waals surface area contributed by atoms with Gasteiger partial charge in [-0.2, -0.15) is 0 Å². The Morgan fingerprint density at radius 1 is 1.30 bits per heavy atom. The maximum atomic E-state index is 12.4. The van der Waals surface area contributed by atoms with Crippen LogP contribution in [-0.2, 0) is 16.1 Å². The quantitative estimate of drug-likeness (QED) is 0.567. The van der Waals surface area contributed by atoms with Gasteiger partial charge in [0, 0.05) is 7.11 Å². The largest absolute Gasteiger partial charge is 0.414 e. The molecule has 142 valence electrons. The fourth-order valence-corrected chi connectivity index (χ4v) is 3.34. The number of para-hydroxylation sites is 1. The zero-order valence-electron chi connectivity index (χ0n) is 14.8. The molecule has 9 heteroatoms. The summed E-state index contributed by atoms with van der Waals surface area (Å²) in [5, 5.41) is 13.5. The van der Waals surface area contributed by atoms with Gasteiger partial charge in [-0.15, -0.1) is 21.5 Å². The molecule has 3 rings (SSSR count). The number of ether oxygens (including phenoxy) is 1. The molecular formula is C18H20ClN4O3S+. The first-order valence-corrected chi connectivity index (χ1v) is 9.64. The van der Waals surface area contributed by atoms with Crippen LogP contribution in [0.15, 0.2) is 46.2 Å². The summed E-state index contributed by atoms with van der Waals surface area (Å²) in [5.74, 6) is 0.828. The van der Waals surface area contributed by atoms with E-state index in [0.29, 0.717) is 42.2 Å². The van der Waals surface area contributed by atoms with Crippen LogP contribution in [0.4, 0.5) is 5.69 Å². The Hall–Kier alpha value is -2.26. The van der Waals surface area contributed by atoms with Gasteiger partial charge >= 0.3 is 0 Å². The number of benzene rings is 1. The highest BCUT2D eigenvalue weighted by Crippen LogP contribution is 2.22. The minimum Gasteiger partial charge on any atom is -0.414 e. The van der Waals surface area contributed by atoms with Crippen molar-refractivity contribution in [2.24, 2.45) is 0 Å². The van der Waals surface area contributed by atoms with Crippen molar-refractivity contribution in [3.05, 3.63) is 52.7 Å². The number of amides is 1. The Labute approximate surface area is 165 Å². The van der Waals surface area contributed by atoms with E-state index in [1.165, 1.54) is 11.3 Å². The molecule has 0 fully saturated rings. The molecule has 0 saturated carbocycles. The molecule has 1 unspecified atom stereocenters. The fraction of sp³-hybridized carbons (Fsp3) is 0.278. The predicted octanol–water partition coefficient (Wildman–Crippen LogP) is 2.12. The van der Waals surface area contributed by atoms with Crippen LogP contribution < -0.4 is 10.2 Å². The second-order valence-corrected chi connectivity index (χ2v) is 7.21. The molecule has 2 aromatic heterocycles. The first kappa shape index (κ1) is 19.5. The van der Waals surface area contributed by atoms with E-state index in [2.05, 4.69) is 15.5 Å². The van der Waals surface area contributed by atoms with E-state index in [1.54, 1.807) is 19.2 Å². The molecule has 2 N–H and O–H groups in total. The number of thiophene rings is 1. The van der Waals surface area contributed by atoms with Crippen LogP contribution in [0.2, 0.25) is 5.02 Å². The average molecular weight is 408 g/mol. The summed E-state index contributed by atoms with van der Waals surface area (Å²) >= 11 is 7.63. The summed E-state index contributed by atoms with van der Waals surface area (Å²) in [5.41, 5.74) is 0.591. The van der Waals surface area contributed by atoms with Crippen LogP contribution in [0.1, 0.15) is 5.89 Å². The summed E-state index contributed by atoms with van der Waals surface area (Å²) in [6, 6.07) is 11.0. The average Bonchev–Trinajstić information content (AvgIpc) is 3.33. The number of methoxy groups -OCH3 is 1. The van der Waals surface area contributed by atoms with Crippen LogP contribution >= 0.6 is 22.9 Å². The Bertz CT molecular complexity index is 869. The molecule has 7 nitrogen and oxygen atoms in total. The van der Waals surface area contributed by atoms with E-state index in [0.717, 1.165) is 9.78 Å². The van der Waals surface area contributed by atoms with Crippen LogP contribution in [0.5, 0.6) is 0 Å². The first-order chi connectivity index (χ1) is 13.2. The molecule has 3 aromatic rings. The van der Waals surface area contributed by atoms with Crippen molar-refractivity contribution in [1.29, 1.82) is 0 Å².